The predicted molar refractivity (Wildman–Crippen MR) is 269 cm³/mol. The van der Waals surface area contributed by atoms with E-state index in [2.05, 4.69) is 121 Å². The largest absolute Gasteiger partial charge is 1.00 e. The van der Waals surface area contributed by atoms with Gasteiger partial charge in [-0.15, -0.1) is 0 Å². The Bertz CT molecular complexity index is 2560. The summed E-state index contributed by atoms with van der Waals surface area (Å²) in [6, 6.07) is 18.2. The van der Waals surface area contributed by atoms with Gasteiger partial charge in [0.2, 0.25) is 11.6 Å². The molecule has 1 fully saturated rings. The molecule has 3 aromatic rings. The minimum Gasteiger partial charge on any atom is -1.00 e. The van der Waals surface area contributed by atoms with E-state index in [1.54, 1.807) is 11.0 Å². The van der Waals surface area contributed by atoms with Crippen LogP contribution in [-0.4, -0.2) is 94.8 Å². The summed E-state index contributed by atoms with van der Waals surface area (Å²) < 4.78 is 8.28. The first-order valence-electron chi connectivity index (χ1n) is 24.1. The van der Waals surface area contributed by atoms with Crippen molar-refractivity contribution in [2.24, 2.45) is 5.16 Å². The number of allylic oxidation sites excluding steroid dienone is 7. The number of likely N-dealkylation sites (tertiary alicyclic amines) is 1. The molecular formula is C55H67ClIN5O7. The van der Waals surface area contributed by atoms with Crippen LogP contribution in [0.1, 0.15) is 119 Å². The highest BCUT2D eigenvalue weighted by atomic mass is 127. The molecule has 69 heavy (non-hydrogen) atoms. The van der Waals surface area contributed by atoms with Crippen molar-refractivity contribution in [3.05, 3.63) is 130 Å². The molecule has 0 aromatic heterocycles. The first-order chi connectivity index (χ1) is 32.7. The molecule has 0 bridgehead atoms. The molecule has 1 saturated heterocycles. The second-order valence-corrected chi connectivity index (χ2v) is 19.5. The minimum absolute atomic E-state index is 0. The number of para-hydroxylation sites is 2. The fraction of sp³-hybridized carbons (Fsp3) is 0.436. The standard InChI is InChI=1S/C55H66ClN5O7.HI/c1-54(2)41-23-12-14-25-43(41)59(5)47(54)27-20-28-48-55(3,4)42-24-13-15-26-44(42)61(48)34-19-16-29-49(64)57-31-30-39-22-11-8-6-7-10-21-38(58-67-37-50(65)60-32-17-9-18-33-60)35-40-51(53(66)68-39)45(62)36-46(63)52(40)56;/h8,10-15,20-21,23-28,36,39H,6-7,9,16-19,22,29-35,37H2,1-5H3,(H2-,57,62,63,64,66);1H/b11-8+,21-10+,58-38?;. The normalized spacial score (nSPS) is 21.0. The number of hydrogen-bond acceptors (Lipinski definition) is 9. The number of piperidine rings is 1. The van der Waals surface area contributed by atoms with Gasteiger partial charge in [0.15, 0.2) is 12.3 Å². The summed E-state index contributed by atoms with van der Waals surface area (Å²) in [6.45, 7) is 11.3. The first-order valence-corrected chi connectivity index (χ1v) is 24.5. The predicted octanol–water partition coefficient (Wildman–Crippen LogP) is 7.13. The zero-order valence-corrected chi connectivity index (χ0v) is 43.5. The maximum Gasteiger partial charge on any atom is 0.342 e. The number of hydrogen-bond donors (Lipinski definition) is 3. The number of halogens is 2. The Morgan fingerprint density at radius 2 is 1.68 bits per heavy atom. The molecule has 0 spiro atoms. The number of fused-ring (bicyclic) bond motifs is 3. The number of aromatic hydroxyl groups is 2. The van der Waals surface area contributed by atoms with Crippen LogP contribution in [0.25, 0.3) is 0 Å². The van der Waals surface area contributed by atoms with Crippen LogP contribution in [0.5, 0.6) is 11.5 Å². The summed E-state index contributed by atoms with van der Waals surface area (Å²) in [6.07, 6.45) is 20.4. The highest BCUT2D eigenvalue weighted by Crippen LogP contribution is 2.48. The lowest BCUT2D eigenvalue weighted by molar-refractivity contribution is -0.401. The second kappa shape index (κ2) is 23.9. The average Bonchev–Trinajstić information content (AvgIpc) is 3.65. The number of cyclic esters (lactones) is 1. The molecule has 2 amide bonds. The molecule has 0 saturated carbocycles. The van der Waals surface area contributed by atoms with Gasteiger partial charge in [0, 0.05) is 92.4 Å². The minimum atomic E-state index is -0.833. The van der Waals surface area contributed by atoms with Crippen LogP contribution in [0.3, 0.4) is 0 Å². The number of ether oxygens (including phenoxy) is 1. The van der Waals surface area contributed by atoms with Crippen molar-refractivity contribution < 1.29 is 62.7 Å². The van der Waals surface area contributed by atoms with E-state index in [9.17, 15) is 24.6 Å². The SMILES string of the molecule is C[N+]1=C(/C=C/C=C2/N(CCCCC(=O)NCCC3C/C=C/CC/C=C/C(=NOCC(=O)N4CCCCC4)Cc4c(Cl)c(O)cc(O)c4C(=O)O3)c3ccccc3C2(C)C)C(C)(C)c2ccccc21.[I-]. The van der Waals surface area contributed by atoms with Crippen molar-refractivity contribution in [3.63, 3.8) is 0 Å². The van der Waals surface area contributed by atoms with Crippen LogP contribution in [-0.2, 0) is 36.4 Å². The van der Waals surface area contributed by atoms with Gasteiger partial charge in [-0.05, 0) is 88.1 Å². The summed E-state index contributed by atoms with van der Waals surface area (Å²) >= 11 is 6.59. The molecular weight excluding hydrogens is 1000 g/mol. The van der Waals surface area contributed by atoms with Gasteiger partial charge in [0.25, 0.3) is 5.91 Å². The number of nitrogens with zero attached hydrogens (tertiary/aromatic N) is 4. The number of esters is 1. The van der Waals surface area contributed by atoms with Crippen molar-refractivity contribution >= 4 is 52.2 Å². The number of amides is 2. The van der Waals surface area contributed by atoms with Gasteiger partial charge in [0.05, 0.1) is 16.1 Å². The van der Waals surface area contributed by atoms with Gasteiger partial charge < -0.3 is 58.9 Å². The number of unbranched alkanes of at least 4 members (excludes halogenated alkanes) is 1. The number of benzene rings is 3. The molecule has 4 heterocycles. The van der Waals surface area contributed by atoms with Crippen molar-refractivity contribution in [1.82, 2.24) is 10.2 Å². The van der Waals surface area contributed by atoms with Crippen LogP contribution in [0.2, 0.25) is 5.02 Å². The molecule has 1 unspecified atom stereocenters. The summed E-state index contributed by atoms with van der Waals surface area (Å²) in [5.41, 5.74) is 7.39. The lowest BCUT2D eigenvalue weighted by atomic mass is 9.81. The fourth-order valence-corrected chi connectivity index (χ4v) is 10.1. The third kappa shape index (κ3) is 12.5. The molecule has 0 aliphatic carbocycles. The molecule has 0 radical (unpaired) electrons. The Morgan fingerprint density at radius 1 is 0.957 bits per heavy atom. The number of nitrogens with one attached hydrogen (secondary N) is 1. The highest BCUT2D eigenvalue weighted by Gasteiger charge is 2.43. The van der Waals surface area contributed by atoms with Crippen LogP contribution in [0.4, 0.5) is 11.4 Å². The molecule has 14 heteroatoms. The lowest BCUT2D eigenvalue weighted by Gasteiger charge is -2.27. The zero-order chi connectivity index (χ0) is 48.4. The van der Waals surface area contributed by atoms with E-state index in [1.165, 1.54) is 33.9 Å². The van der Waals surface area contributed by atoms with E-state index in [-0.39, 0.29) is 82.3 Å². The molecule has 1 atom stereocenters. The van der Waals surface area contributed by atoms with Crippen LogP contribution in [0.15, 0.2) is 108 Å². The van der Waals surface area contributed by atoms with Crippen LogP contribution >= 0.6 is 11.6 Å². The number of oxime groups is 1. The van der Waals surface area contributed by atoms with E-state index in [0.717, 1.165) is 38.3 Å². The maximum absolute atomic E-state index is 13.9. The number of phenols is 2. The Kier molecular flexibility index (Phi) is 18.4. The van der Waals surface area contributed by atoms with Gasteiger partial charge >= 0.3 is 5.97 Å². The average molecular weight is 1070 g/mol. The van der Waals surface area contributed by atoms with Crippen LogP contribution in [0, 0.1) is 0 Å². The monoisotopic (exact) mass is 1070 g/mol. The Labute approximate surface area is 429 Å². The highest BCUT2D eigenvalue weighted by molar-refractivity contribution is 6.33. The molecule has 368 valence electrons. The molecule has 3 aromatic carbocycles. The van der Waals surface area contributed by atoms with Gasteiger partial charge in [-0.3, -0.25) is 9.59 Å². The molecule has 4 aliphatic heterocycles. The van der Waals surface area contributed by atoms with E-state index in [4.69, 9.17) is 21.2 Å². The zero-order valence-electron chi connectivity index (χ0n) is 40.6. The van der Waals surface area contributed by atoms with E-state index in [1.807, 2.05) is 18.2 Å². The smallest absolute Gasteiger partial charge is 0.342 e. The van der Waals surface area contributed by atoms with Crippen molar-refractivity contribution in [2.45, 2.75) is 115 Å². The number of rotatable bonds is 13. The Balaban J connectivity index is 0.00000782. The summed E-state index contributed by atoms with van der Waals surface area (Å²) in [7, 11) is 2.13. The van der Waals surface area contributed by atoms with E-state index >= 15 is 0 Å². The van der Waals surface area contributed by atoms with Gasteiger partial charge in [-0.25, -0.2) is 4.79 Å². The number of carbonyl (C=O) groups is 3. The van der Waals surface area contributed by atoms with E-state index in [0.29, 0.717) is 57.3 Å². The summed E-state index contributed by atoms with van der Waals surface area (Å²) in [4.78, 5) is 49.5. The first kappa shape index (κ1) is 53.0. The van der Waals surface area contributed by atoms with Crippen molar-refractivity contribution in [2.75, 3.05) is 44.7 Å². The van der Waals surface area contributed by atoms with Crippen molar-refractivity contribution in [1.29, 1.82) is 0 Å². The topological polar surface area (TPSA) is 144 Å². The molecule has 12 nitrogen and oxygen atoms in total. The quantitative estimate of drug-likeness (QED) is 0.0410. The maximum atomic E-state index is 13.9. The molecule has 4 aliphatic rings. The fourth-order valence-electron chi connectivity index (χ4n) is 9.93. The Hall–Kier alpha value is -5.41. The van der Waals surface area contributed by atoms with Crippen LogP contribution < -0.4 is 34.2 Å². The van der Waals surface area contributed by atoms with Gasteiger partial charge in [-0.1, -0.05) is 91.3 Å². The number of anilines is 1. The third-order valence-corrected chi connectivity index (χ3v) is 14.1. The third-order valence-electron chi connectivity index (χ3n) is 13.7. The van der Waals surface area contributed by atoms with E-state index < -0.39 is 23.6 Å². The summed E-state index contributed by atoms with van der Waals surface area (Å²) in [5, 5.41) is 28.7. The Morgan fingerprint density at radius 3 is 2.45 bits per heavy atom. The molecule has 7 rings (SSSR count). The van der Waals surface area contributed by atoms with Gasteiger partial charge in [-0.2, -0.15) is 4.58 Å². The lowest BCUT2D eigenvalue weighted by Crippen LogP contribution is -3.00. The molecule has 3 N–H and O–H groups in total. The number of carbonyl (C=O) groups excluding carboxylic acids is 3. The second-order valence-electron chi connectivity index (χ2n) is 19.2. The van der Waals surface area contributed by atoms with Gasteiger partial charge in [0.1, 0.15) is 30.2 Å². The van der Waals surface area contributed by atoms with Crippen molar-refractivity contribution in [3.8, 4) is 11.5 Å². The number of phenolic OH excluding ortho intramolecular Hbond substituents is 2. The summed E-state index contributed by atoms with van der Waals surface area (Å²) in [5.74, 6) is -1.99.